The highest BCUT2D eigenvalue weighted by atomic mass is 16.1. The van der Waals surface area contributed by atoms with Crippen LogP contribution in [-0.2, 0) is 11.2 Å². The molecule has 0 N–H and O–H groups in total. The van der Waals surface area contributed by atoms with Crippen molar-refractivity contribution in [2.24, 2.45) is 17.8 Å². The first-order valence-corrected chi connectivity index (χ1v) is 8.71. The monoisotopic (exact) mass is 284 g/mol. The number of hydrogen-bond donors (Lipinski definition) is 0. The van der Waals surface area contributed by atoms with Gasteiger partial charge < -0.3 is 0 Å². The molecule has 0 spiro atoms. The van der Waals surface area contributed by atoms with Gasteiger partial charge in [0.15, 0.2) is 0 Å². The summed E-state index contributed by atoms with van der Waals surface area (Å²) in [7, 11) is 0. The lowest BCUT2D eigenvalue weighted by atomic mass is 9.66. The predicted molar refractivity (Wildman–Crippen MR) is 87.4 cm³/mol. The largest absolute Gasteiger partial charge is 0.299 e. The summed E-state index contributed by atoms with van der Waals surface area (Å²) in [6, 6.07) is 6.54. The van der Waals surface area contributed by atoms with Gasteiger partial charge in [-0.3, -0.25) is 4.79 Å². The van der Waals surface area contributed by atoms with Crippen molar-refractivity contribution < 1.29 is 4.79 Å². The Balaban J connectivity index is 1.62. The molecule has 3 unspecified atom stereocenters. The van der Waals surface area contributed by atoms with Crippen LogP contribution in [0, 0.1) is 31.6 Å². The summed E-state index contributed by atoms with van der Waals surface area (Å²) in [6.45, 7) is 4.24. The molecule has 0 amide bonds. The van der Waals surface area contributed by atoms with Gasteiger partial charge in [-0.15, -0.1) is 0 Å². The highest BCUT2D eigenvalue weighted by molar-refractivity contribution is 5.83. The van der Waals surface area contributed by atoms with E-state index in [1.54, 1.807) is 0 Å². The molecule has 1 heteroatoms. The fourth-order valence-electron chi connectivity index (χ4n) is 4.68. The minimum absolute atomic E-state index is 0.338. The molecule has 0 heterocycles. The molecule has 2 aliphatic carbocycles. The number of Topliss-reactive ketones (excluding diaryl/α,β-unsaturated/α-hetero) is 1. The maximum atomic E-state index is 12.7. The van der Waals surface area contributed by atoms with E-state index in [2.05, 4.69) is 32.0 Å². The number of carbonyl (C=O) groups excluding carboxylic acids is 1. The Labute approximate surface area is 129 Å². The maximum absolute atomic E-state index is 12.7. The number of hydrogen-bond acceptors (Lipinski definition) is 1. The normalized spacial score (nSPS) is 29.0. The molecule has 0 aromatic heterocycles. The van der Waals surface area contributed by atoms with E-state index in [0.29, 0.717) is 18.1 Å². The number of rotatable bonds is 3. The van der Waals surface area contributed by atoms with E-state index in [1.165, 1.54) is 55.2 Å². The SMILES string of the molecule is Cc1cc(C)cc(CC(=O)C2CCC3CCCCC3C2)c1. The van der Waals surface area contributed by atoms with Crippen molar-refractivity contribution in [3.8, 4) is 0 Å². The number of aryl methyl sites for hydroxylation is 2. The molecule has 1 nitrogen and oxygen atoms in total. The summed E-state index contributed by atoms with van der Waals surface area (Å²) in [5.74, 6) is 2.61. The van der Waals surface area contributed by atoms with Crippen molar-refractivity contribution in [2.75, 3.05) is 0 Å². The molecule has 1 aromatic carbocycles. The highest BCUT2D eigenvalue weighted by Crippen LogP contribution is 2.43. The van der Waals surface area contributed by atoms with Gasteiger partial charge in [0.25, 0.3) is 0 Å². The van der Waals surface area contributed by atoms with Crippen LogP contribution in [0.1, 0.15) is 61.6 Å². The summed E-state index contributed by atoms with van der Waals surface area (Å²) in [5, 5.41) is 0. The van der Waals surface area contributed by atoms with E-state index in [1.807, 2.05) is 0 Å². The first-order chi connectivity index (χ1) is 10.1. The van der Waals surface area contributed by atoms with Crippen molar-refractivity contribution in [2.45, 2.75) is 65.2 Å². The van der Waals surface area contributed by atoms with E-state index in [-0.39, 0.29) is 0 Å². The topological polar surface area (TPSA) is 17.1 Å². The van der Waals surface area contributed by atoms with Crippen LogP contribution < -0.4 is 0 Å². The lowest BCUT2D eigenvalue weighted by Gasteiger charge is -2.38. The van der Waals surface area contributed by atoms with Crippen LogP contribution in [-0.4, -0.2) is 5.78 Å². The van der Waals surface area contributed by atoms with Gasteiger partial charge in [0, 0.05) is 12.3 Å². The fourth-order valence-corrected chi connectivity index (χ4v) is 4.68. The Kier molecular flexibility index (Phi) is 4.47. The van der Waals surface area contributed by atoms with E-state index in [9.17, 15) is 4.79 Å². The first-order valence-electron chi connectivity index (χ1n) is 8.71. The van der Waals surface area contributed by atoms with E-state index in [4.69, 9.17) is 0 Å². The van der Waals surface area contributed by atoms with Gasteiger partial charge in [-0.05, 0) is 50.5 Å². The summed E-state index contributed by atoms with van der Waals surface area (Å²) in [6.07, 6.45) is 9.86. The Hall–Kier alpha value is -1.11. The zero-order valence-electron chi connectivity index (χ0n) is 13.5. The van der Waals surface area contributed by atoms with E-state index in [0.717, 1.165) is 18.3 Å². The fraction of sp³-hybridized carbons (Fsp3) is 0.650. The lowest BCUT2D eigenvalue weighted by molar-refractivity contribution is -0.124. The number of fused-ring (bicyclic) bond motifs is 1. The molecule has 114 valence electrons. The van der Waals surface area contributed by atoms with Crippen LogP contribution in [0.5, 0.6) is 0 Å². The van der Waals surface area contributed by atoms with Gasteiger partial charge >= 0.3 is 0 Å². The molecule has 1 aromatic rings. The second-order valence-electron chi connectivity index (χ2n) is 7.45. The van der Waals surface area contributed by atoms with Gasteiger partial charge in [0.2, 0.25) is 0 Å². The van der Waals surface area contributed by atoms with Crippen LogP contribution in [0.4, 0.5) is 0 Å². The summed E-state index contributed by atoms with van der Waals surface area (Å²) in [5.41, 5.74) is 3.76. The number of ketones is 1. The Bertz CT molecular complexity index is 496. The number of carbonyl (C=O) groups is 1. The third-order valence-corrected chi connectivity index (χ3v) is 5.65. The van der Waals surface area contributed by atoms with Crippen molar-refractivity contribution >= 4 is 5.78 Å². The molecule has 21 heavy (non-hydrogen) atoms. The molecular weight excluding hydrogens is 256 g/mol. The van der Waals surface area contributed by atoms with Gasteiger partial charge in [0.1, 0.15) is 5.78 Å². The van der Waals surface area contributed by atoms with Gasteiger partial charge in [-0.2, -0.15) is 0 Å². The Morgan fingerprint density at radius 2 is 1.62 bits per heavy atom. The van der Waals surface area contributed by atoms with Gasteiger partial charge in [-0.25, -0.2) is 0 Å². The maximum Gasteiger partial charge on any atom is 0.140 e. The molecule has 0 radical (unpaired) electrons. The Morgan fingerprint density at radius 1 is 0.952 bits per heavy atom. The lowest BCUT2D eigenvalue weighted by Crippen LogP contribution is -2.31. The van der Waals surface area contributed by atoms with Gasteiger partial charge in [-0.1, -0.05) is 55.0 Å². The molecule has 2 fully saturated rings. The molecule has 0 bridgehead atoms. The summed E-state index contributed by atoms with van der Waals surface area (Å²) in [4.78, 5) is 12.7. The standard InChI is InChI=1S/C20H28O/c1-14-9-15(2)11-16(10-14)12-20(21)19-8-7-17-5-3-4-6-18(17)13-19/h9-11,17-19H,3-8,12-13H2,1-2H3. The molecule has 0 aliphatic heterocycles. The van der Waals surface area contributed by atoms with Gasteiger partial charge in [0.05, 0.1) is 0 Å². The highest BCUT2D eigenvalue weighted by Gasteiger charge is 2.34. The molecule has 0 saturated heterocycles. The quantitative estimate of drug-likeness (QED) is 0.761. The van der Waals surface area contributed by atoms with Crippen LogP contribution in [0.15, 0.2) is 18.2 Å². The predicted octanol–water partition coefficient (Wildman–Crippen LogP) is 5.02. The van der Waals surface area contributed by atoms with Crippen molar-refractivity contribution in [1.29, 1.82) is 0 Å². The molecule has 3 atom stereocenters. The van der Waals surface area contributed by atoms with Crippen molar-refractivity contribution in [3.05, 3.63) is 34.9 Å². The van der Waals surface area contributed by atoms with Crippen LogP contribution in [0.3, 0.4) is 0 Å². The molecule has 3 rings (SSSR count). The molecular formula is C20H28O. The minimum Gasteiger partial charge on any atom is -0.299 e. The van der Waals surface area contributed by atoms with Crippen LogP contribution >= 0.6 is 0 Å². The average molecular weight is 284 g/mol. The van der Waals surface area contributed by atoms with Crippen LogP contribution in [0.2, 0.25) is 0 Å². The number of benzene rings is 1. The smallest absolute Gasteiger partial charge is 0.140 e. The summed E-state index contributed by atoms with van der Waals surface area (Å²) >= 11 is 0. The zero-order chi connectivity index (χ0) is 14.8. The first kappa shape index (κ1) is 14.8. The third-order valence-electron chi connectivity index (χ3n) is 5.65. The minimum atomic E-state index is 0.338. The van der Waals surface area contributed by atoms with Crippen molar-refractivity contribution in [3.63, 3.8) is 0 Å². The second-order valence-corrected chi connectivity index (χ2v) is 7.45. The summed E-state index contributed by atoms with van der Waals surface area (Å²) < 4.78 is 0. The van der Waals surface area contributed by atoms with Crippen molar-refractivity contribution in [1.82, 2.24) is 0 Å². The van der Waals surface area contributed by atoms with E-state index >= 15 is 0 Å². The Morgan fingerprint density at radius 3 is 2.33 bits per heavy atom. The molecule has 2 aliphatic rings. The third kappa shape index (κ3) is 3.56. The van der Waals surface area contributed by atoms with E-state index < -0.39 is 0 Å². The second kappa shape index (κ2) is 6.34. The average Bonchev–Trinajstić information content (AvgIpc) is 2.45. The zero-order valence-corrected chi connectivity index (χ0v) is 13.5. The molecule has 2 saturated carbocycles. The van der Waals surface area contributed by atoms with Crippen LogP contribution in [0.25, 0.3) is 0 Å².